The smallest absolute Gasteiger partial charge is 0.377 e. The van der Waals surface area contributed by atoms with Gasteiger partial charge in [0.1, 0.15) is 0 Å². The van der Waals surface area contributed by atoms with Crippen LogP contribution in [0, 0.1) is 0 Å². The van der Waals surface area contributed by atoms with E-state index >= 15 is 0 Å². The van der Waals surface area contributed by atoms with Gasteiger partial charge in [-0.15, -0.1) is 0 Å². The lowest BCUT2D eigenvalue weighted by atomic mass is 10.1. The molecule has 1 aromatic carbocycles. The number of hydrogen-bond acceptors (Lipinski definition) is 4. The van der Waals surface area contributed by atoms with Gasteiger partial charge in [0.25, 0.3) is 5.91 Å². The Kier molecular flexibility index (Phi) is 16.0. The molecule has 1 aromatic rings. The van der Waals surface area contributed by atoms with Gasteiger partial charge >= 0.3 is 14.7 Å². The third-order valence-electron chi connectivity index (χ3n) is 9.12. The number of nitrogens with zero attached hydrogens (tertiary/aromatic N) is 1. The second-order valence-electron chi connectivity index (χ2n) is 14.4. The van der Waals surface area contributed by atoms with E-state index in [1.54, 1.807) is 27.4 Å². The number of unbranched alkanes of at least 4 members (excludes halogenated alkanes) is 5. The number of hydrogen-bond donors (Lipinski definition) is 0. The van der Waals surface area contributed by atoms with Gasteiger partial charge in [0.2, 0.25) is 0 Å². The first kappa shape index (κ1) is 39.3. The molecule has 0 aliphatic rings. The lowest BCUT2D eigenvalue weighted by molar-refractivity contribution is -0.139. The zero-order valence-electron chi connectivity index (χ0n) is 28.6. The third-order valence-corrected chi connectivity index (χ3v) is 22.8. The number of anilines is 1. The Labute approximate surface area is 260 Å². The molecule has 0 aliphatic carbocycles. The highest BCUT2D eigenvalue weighted by Crippen LogP contribution is 2.31. The predicted octanol–water partition coefficient (Wildman–Crippen LogP) is 8.86. The maximum Gasteiger partial charge on any atom is 0.500 e. The van der Waals surface area contributed by atoms with Crippen LogP contribution in [-0.4, -0.2) is 73.2 Å². The van der Waals surface area contributed by atoms with Crippen LogP contribution in [-0.2, 0) is 18.1 Å². The molecule has 5 nitrogen and oxygen atoms in total. The molecule has 0 aliphatic heterocycles. The fraction of sp³-hybridized carbons (Fsp3) is 0.774. The van der Waals surface area contributed by atoms with Crippen LogP contribution in [0.5, 0.6) is 0 Å². The average Bonchev–Trinajstić information content (AvgIpc) is 2.94. The van der Waals surface area contributed by atoms with Gasteiger partial charge < -0.3 is 18.2 Å². The maximum atomic E-state index is 13.6. The van der Waals surface area contributed by atoms with Crippen LogP contribution < -0.4 is 10.1 Å². The van der Waals surface area contributed by atoms with E-state index in [9.17, 15) is 13.6 Å². The van der Waals surface area contributed by atoms with Gasteiger partial charge in [-0.2, -0.15) is 8.78 Å². The van der Waals surface area contributed by atoms with Gasteiger partial charge in [-0.05, 0) is 18.6 Å². The molecule has 42 heavy (non-hydrogen) atoms. The Hall–Kier alpha value is -0.702. The Balaban J connectivity index is 2.49. The summed E-state index contributed by atoms with van der Waals surface area (Å²) in [5.41, 5.74) is 0.552. The van der Waals surface area contributed by atoms with Crippen molar-refractivity contribution in [2.45, 2.75) is 127 Å². The molecule has 0 atom stereocenters. The van der Waals surface area contributed by atoms with Crippen LogP contribution in [0.4, 0.5) is 14.5 Å². The highest BCUT2D eigenvalue weighted by Gasteiger charge is 2.37. The van der Waals surface area contributed by atoms with Crippen molar-refractivity contribution in [3.8, 4) is 0 Å². The van der Waals surface area contributed by atoms with E-state index in [1.165, 1.54) is 74.6 Å². The Morgan fingerprint density at radius 3 is 1.69 bits per heavy atom. The molecule has 0 bridgehead atoms. The van der Waals surface area contributed by atoms with Crippen LogP contribution in [0.15, 0.2) is 24.3 Å². The molecular formula is C31H61F2NO4Si4. The van der Waals surface area contributed by atoms with E-state index in [0.717, 1.165) is 17.4 Å². The van der Waals surface area contributed by atoms with E-state index in [1.807, 2.05) is 12.1 Å². The number of alkyl halides is 2. The molecule has 0 radical (unpaired) electrons. The van der Waals surface area contributed by atoms with E-state index in [2.05, 4.69) is 45.3 Å². The summed E-state index contributed by atoms with van der Waals surface area (Å²) in [6.45, 7) is 15.6. The quantitative estimate of drug-likeness (QED) is 0.0976. The number of benzene rings is 1. The van der Waals surface area contributed by atoms with Crippen molar-refractivity contribution in [3.05, 3.63) is 24.3 Å². The fourth-order valence-electron chi connectivity index (χ4n) is 5.48. The standard InChI is InChI=1S/C31H61F2NO4Si4/c1-31(32,33)30(35)34(2)28-19-18-20-29(27-28)41(10,11)26-25-40(8,9)24-23-39(6,7)21-16-14-12-13-15-17-22-42(36-3,37-4)38-5/h18-20,27H,12-17,21-26H2,1-11H3. The van der Waals surface area contributed by atoms with E-state index in [-0.39, 0.29) is 0 Å². The molecule has 244 valence electrons. The molecule has 0 spiro atoms. The highest BCUT2D eigenvalue weighted by atomic mass is 28.4. The first-order valence-corrected chi connectivity index (χ1v) is 27.7. The zero-order chi connectivity index (χ0) is 32.2. The molecule has 0 saturated carbocycles. The average molecular weight is 662 g/mol. The van der Waals surface area contributed by atoms with Crippen molar-refractivity contribution in [3.63, 3.8) is 0 Å². The minimum Gasteiger partial charge on any atom is -0.377 e. The second kappa shape index (κ2) is 17.1. The summed E-state index contributed by atoms with van der Waals surface area (Å²) < 4.78 is 43.8. The van der Waals surface area contributed by atoms with Gasteiger partial charge in [0.05, 0.1) is 8.07 Å². The summed E-state index contributed by atoms with van der Waals surface area (Å²) in [5.74, 6) is -4.54. The topological polar surface area (TPSA) is 48.0 Å². The maximum absolute atomic E-state index is 13.6. The fourth-order valence-corrected chi connectivity index (χ4v) is 21.0. The lowest BCUT2D eigenvalue weighted by Gasteiger charge is -2.32. The highest BCUT2D eigenvalue weighted by molar-refractivity contribution is 6.91. The largest absolute Gasteiger partial charge is 0.500 e. The zero-order valence-corrected chi connectivity index (χ0v) is 32.6. The van der Waals surface area contributed by atoms with Crippen molar-refractivity contribution in [1.82, 2.24) is 0 Å². The Morgan fingerprint density at radius 1 is 0.738 bits per heavy atom. The molecule has 1 rings (SSSR count). The molecule has 0 N–H and O–H groups in total. The summed E-state index contributed by atoms with van der Waals surface area (Å²) in [7, 11) is -0.261. The van der Waals surface area contributed by atoms with Gasteiger partial charge in [-0.3, -0.25) is 4.79 Å². The second-order valence-corrected chi connectivity index (χ2v) is 33.0. The van der Waals surface area contributed by atoms with Crippen molar-refractivity contribution in [1.29, 1.82) is 0 Å². The van der Waals surface area contributed by atoms with E-state index in [4.69, 9.17) is 13.3 Å². The Bertz CT molecular complexity index is 945. The van der Waals surface area contributed by atoms with Crippen LogP contribution >= 0.6 is 0 Å². The summed E-state index contributed by atoms with van der Waals surface area (Å²) in [6, 6.07) is 15.4. The minimum absolute atomic E-state index is 0.552. The van der Waals surface area contributed by atoms with Crippen molar-refractivity contribution >= 4 is 49.8 Å². The van der Waals surface area contributed by atoms with Crippen LogP contribution in [0.1, 0.15) is 45.4 Å². The number of amides is 1. The van der Waals surface area contributed by atoms with Crippen LogP contribution in [0.2, 0.25) is 75.5 Å². The monoisotopic (exact) mass is 661 g/mol. The predicted molar refractivity (Wildman–Crippen MR) is 186 cm³/mol. The molecule has 0 fully saturated rings. The molecular weight excluding hydrogens is 601 g/mol. The van der Waals surface area contributed by atoms with Crippen LogP contribution in [0.25, 0.3) is 0 Å². The minimum atomic E-state index is -3.38. The number of halogens is 2. The number of rotatable bonds is 21. The normalized spacial score (nSPS) is 13.5. The first-order chi connectivity index (χ1) is 19.3. The van der Waals surface area contributed by atoms with Gasteiger partial charge in [0, 0.05) is 63.2 Å². The number of carbonyl (C=O) groups excluding carboxylic acids is 1. The molecule has 0 unspecified atom stereocenters. The van der Waals surface area contributed by atoms with Gasteiger partial charge in [-0.1, -0.05) is 119 Å². The third kappa shape index (κ3) is 13.5. The van der Waals surface area contributed by atoms with Gasteiger partial charge in [-0.25, -0.2) is 0 Å². The molecule has 1 amide bonds. The summed E-state index contributed by atoms with van der Waals surface area (Å²) in [5, 5.41) is 1.23. The van der Waals surface area contributed by atoms with Crippen molar-refractivity contribution < 1.29 is 26.9 Å². The van der Waals surface area contributed by atoms with E-state index < -0.39 is 44.9 Å². The SMILES string of the molecule is CO[Si](CCCCCCCC[Si](C)(C)CC[Si](C)(C)CC[Si](C)(C)c1cccc(N(C)C(=O)C(C)(F)F)c1)(OC)OC. The summed E-state index contributed by atoms with van der Waals surface area (Å²) in [6.07, 6.45) is 7.56. The van der Waals surface area contributed by atoms with Gasteiger partial charge in [0.15, 0.2) is 0 Å². The van der Waals surface area contributed by atoms with Crippen molar-refractivity contribution in [2.75, 3.05) is 33.3 Å². The number of carbonyl (C=O) groups is 1. The summed E-state index contributed by atoms with van der Waals surface area (Å²) >= 11 is 0. The van der Waals surface area contributed by atoms with E-state index in [0.29, 0.717) is 12.6 Å². The molecule has 0 aromatic heterocycles. The first-order valence-electron chi connectivity index (χ1n) is 15.8. The molecule has 11 heteroatoms. The Morgan fingerprint density at radius 2 is 1.19 bits per heavy atom. The van der Waals surface area contributed by atoms with Crippen LogP contribution in [0.3, 0.4) is 0 Å². The van der Waals surface area contributed by atoms with Crippen molar-refractivity contribution in [2.24, 2.45) is 0 Å². The molecule has 0 saturated heterocycles. The molecule has 0 heterocycles. The summed E-state index contributed by atoms with van der Waals surface area (Å²) in [4.78, 5) is 13.2. The lowest BCUT2D eigenvalue weighted by Crippen LogP contribution is -2.44.